The average Bonchev–Trinajstić information content (AvgIpc) is 3.21. The Balaban J connectivity index is 1.62. The number of carbonyl (C=O) groups is 1. The number of hydrogen-bond donors (Lipinski definition) is 1. The monoisotopic (exact) mass is 372 g/mol. The van der Waals surface area contributed by atoms with Gasteiger partial charge < -0.3 is 4.52 Å². The van der Waals surface area contributed by atoms with Gasteiger partial charge in [-0.3, -0.25) is 10.1 Å². The van der Waals surface area contributed by atoms with Crippen LogP contribution in [0.5, 0.6) is 0 Å². The Labute approximate surface area is 155 Å². The molecule has 0 aliphatic rings. The van der Waals surface area contributed by atoms with Crippen molar-refractivity contribution in [2.75, 3.05) is 11.1 Å². The zero-order chi connectivity index (χ0) is 18.7. The summed E-state index contributed by atoms with van der Waals surface area (Å²) in [4.78, 5) is 12.2. The molecule has 0 aliphatic heterocycles. The molecule has 26 heavy (non-hydrogen) atoms. The van der Waals surface area contributed by atoms with Crippen LogP contribution in [0.15, 0.2) is 40.0 Å². The Hall–Kier alpha value is -2.68. The first-order valence-electron chi connectivity index (χ1n) is 8.08. The zero-order valence-electron chi connectivity index (χ0n) is 15.1. The van der Waals surface area contributed by atoms with Gasteiger partial charge >= 0.3 is 0 Å². The van der Waals surface area contributed by atoms with Crippen LogP contribution in [0.2, 0.25) is 0 Å². The number of aryl methyl sites for hydroxylation is 1. The van der Waals surface area contributed by atoms with E-state index in [1.54, 1.807) is 10.7 Å². The van der Waals surface area contributed by atoms with Crippen LogP contribution in [0.1, 0.15) is 32.0 Å². The van der Waals surface area contributed by atoms with Crippen molar-refractivity contribution in [1.82, 2.24) is 25.4 Å². The van der Waals surface area contributed by atoms with Crippen LogP contribution in [-0.2, 0) is 10.2 Å². The predicted octanol–water partition coefficient (Wildman–Crippen LogP) is 2.99. The molecule has 3 aromatic rings. The number of aromatic nitrogens is 5. The fourth-order valence-electron chi connectivity index (χ4n) is 2.18. The fraction of sp³-hybridized carbons (Fsp3) is 0.353. The summed E-state index contributed by atoms with van der Waals surface area (Å²) in [6.45, 7) is 8.07. The van der Waals surface area contributed by atoms with Crippen molar-refractivity contribution in [3.63, 3.8) is 0 Å². The van der Waals surface area contributed by atoms with Gasteiger partial charge in [0.2, 0.25) is 16.9 Å². The van der Waals surface area contributed by atoms with E-state index in [0.29, 0.717) is 11.0 Å². The molecular formula is C17H20N6O2S. The van der Waals surface area contributed by atoms with Crippen molar-refractivity contribution < 1.29 is 9.32 Å². The molecular weight excluding hydrogens is 352 g/mol. The normalized spacial score (nSPS) is 11.5. The summed E-state index contributed by atoms with van der Waals surface area (Å²) in [5, 5.41) is 18.9. The zero-order valence-corrected chi connectivity index (χ0v) is 15.9. The molecule has 0 spiro atoms. The summed E-state index contributed by atoms with van der Waals surface area (Å²) in [5.74, 6) is 0.266. The topological polar surface area (TPSA) is 98.7 Å². The van der Waals surface area contributed by atoms with Gasteiger partial charge in [-0.25, -0.2) is 0 Å². The number of nitrogens with one attached hydrogen (secondary N) is 1. The number of rotatable bonds is 5. The standard InChI is InChI=1S/C17H20N6O2S/c1-11-6-5-7-12(8-11)23-16(19-21-22-23)26-10-14(24)18-15-9-13(20-25-15)17(2,3)4/h5-9H,10H2,1-4H3,(H,18,24). The summed E-state index contributed by atoms with van der Waals surface area (Å²) in [5.41, 5.74) is 2.59. The molecule has 3 rings (SSSR count). The number of nitrogens with zero attached hydrogens (tertiary/aromatic N) is 5. The lowest BCUT2D eigenvalue weighted by Crippen LogP contribution is -2.14. The minimum Gasteiger partial charge on any atom is -0.338 e. The molecule has 1 amide bonds. The van der Waals surface area contributed by atoms with E-state index in [1.807, 2.05) is 52.0 Å². The van der Waals surface area contributed by atoms with E-state index in [-0.39, 0.29) is 17.1 Å². The maximum Gasteiger partial charge on any atom is 0.237 e. The maximum atomic E-state index is 12.2. The number of anilines is 1. The van der Waals surface area contributed by atoms with Gasteiger partial charge in [-0.2, -0.15) is 4.68 Å². The Morgan fingerprint density at radius 2 is 2.12 bits per heavy atom. The summed E-state index contributed by atoms with van der Waals surface area (Å²) in [7, 11) is 0. The van der Waals surface area contributed by atoms with Crippen molar-refractivity contribution >= 4 is 23.6 Å². The van der Waals surface area contributed by atoms with E-state index in [2.05, 4.69) is 26.0 Å². The minimum absolute atomic E-state index is 0.142. The van der Waals surface area contributed by atoms with Crippen LogP contribution < -0.4 is 5.32 Å². The van der Waals surface area contributed by atoms with Crippen LogP contribution in [0, 0.1) is 6.92 Å². The third-order valence-electron chi connectivity index (χ3n) is 3.56. The Bertz CT molecular complexity index is 912. The molecule has 1 aromatic carbocycles. The molecule has 0 saturated carbocycles. The van der Waals surface area contributed by atoms with E-state index in [1.165, 1.54) is 11.8 Å². The molecule has 0 bridgehead atoms. The minimum atomic E-state index is -0.217. The second-order valence-electron chi connectivity index (χ2n) is 6.88. The first kappa shape index (κ1) is 18.1. The van der Waals surface area contributed by atoms with Crippen LogP contribution in [-0.4, -0.2) is 37.0 Å². The third-order valence-corrected chi connectivity index (χ3v) is 4.48. The highest BCUT2D eigenvalue weighted by Crippen LogP contribution is 2.24. The molecule has 2 aromatic heterocycles. The Morgan fingerprint density at radius 3 is 2.81 bits per heavy atom. The van der Waals surface area contributed by atoms with Gasteiger partial charge in [-0.1, -0.05) is 49.8 Å². The molecule has 8 nitrogen and oxygen atoms in total. The summed E-state index contributed by atoms with van der Waals surface area (Å²) >= 11 is 1.25. The number of hydrogen-bond acceptors (Lipinski definition) is 7. The van der Waals surface area contributed by atoms with E-state index in [9.17, 15) is 4.79 Å². The maximum absolute atomic E-state index is 12.2. The molecule has 2 heterocycles. The summed E-state index contributed by atoms with van der Waals surface area (Å²) in [6.07, 6.45) is 0. The van der Waals surface area contributed by atoms with Crippen molar-refractivity contribution in [3.8, 4) is 5.69 Å². The number of carbonyl (C=O) groups excluding carboxylic acids is 1. The molecule has 0 unspecified atom stereocenters. The third kappa shape index (κ3) is 4.29. The number of amides is 1. The van der Waals surface area contributed by atoms with E-state index in [0.717, 1.165) is 16.9 Å². The largest absolute Gasteiger partial charge is 0.338 e. The van der Waals surface area contributed by atoms with Gasteiger partial charge in [0.25, 0.3) is 0 Å². The van der Waals surface area contributed by atoms with Gasteiger partial charge in [-0.15, -0.1) is 5.10 Å². The van der Waals surface area contributed by atoms with Gasteiger partial charge in [0.05, 0.1) is 17.1 Å². The average molecular weight is 372 g/mol. The highest BCUT2D eigenvalue weighted by molar-refractivity contribution is 7.99. The fourth-order valence-corrected chi connectivity index (χ4v) is 2.87. The molecule has 0 radical (unpaired) electrons. The van der Waals surface area contributed by atoms with Gasteiger partial charge in [0.1, 0.15) is 0 Å². The van der Waals surface area contributed by atoms with Crippen LogP contribution >= 0.6 is 11.8 Å². The van der Waals surface area contributed by atoms with E-state index in [4.69, 9.17) is 4.52 Å². The smallest absolute Gasteiger partial charge is 0.237 e. The highest BCUT2D eigenvalue weighted by atomic mass is 32.2. The van der Waals surface area contributed by atoms with Gasteiger partial charge in [-0.05, 0) is 35.0 Å². The summed E-state index contributed by atoms with van der Waals surface area (Å²) < 4.78 is 6.78. The van der Waals surface area contributed by atoms with Crippen LogP contribution in [0.3, 0.4) is 0 Å². The second kappa shape index (κ2) is 7.28. The molecule has 136 valence electrons. The lowest BCUT2D eigenvalue weighted by atomic mass is 9.92. The van der Waals surface area contributed by atoms with E-state index >= 15 is 0 Å². The quantitative estimate of drug-likeness (QED) is 0.687. The first-order valence-corrected chi connectivity index (χ1v) is 9.07. The van der Waals surface area contributed by atoms with Crippen LogP contribution in [0.4, 0.5) is 5.88 Å². The highest BCUT2D eigenvalue weighted by Gasteiger charge is 2.20. The van der Waals surface area contributed by atoms with Crippen LogP contribution in [0.25, 0.3) is 5.69 Å². The van der Waals surface area contributed by atoms with Crippen molar-refractivity contribution in [1.29, 1.82) is 0 Å². The lowest BCUT2D eigenvalue weighted by molar-refractivity contribution is -0.113. The van der Waals surface area contributed by atoms with Gasteiger partial charge in [0, 0.05) is 11.5 Å². The molecule has 0 aliphatic carbocycles. The Kier molecular flexibility index (Phi) is 5.08. The lowest BCUT2D eigenvalue weighted by Gasteiger charge is -2.12. The number of tetrazole rings is 1. The van der Waals surface area contributed by atoms with Crippen molar-refractivity contribution in [2.24, 2.45) is 0 Å². The van der Waals surface area contributed by atoms with Crippen molar-refractivity contribution in [3.05, 3.63) is 41.6 Å². The second-order valence-corrected chi connectivity index (χ2v) is 7.82. The SMILES string of the molecule is Cc1cccc(-n2nnnc2SCC(=O)Nc2cc(C(C)(C)C)no2)c1. The molecule has 0 fully saturated rings. The number of benzene rings is 1. The van der Waals surface area contributed by atoms with Gasteiger partial charge in [0.15, 0.2) is 0 Å². The van der Waals surface area contributed by atoms with Crippen molar-refractivity contribution in [2.45, 2.75) is 38.3 Å². The molecule has 0 saturated heterocycles. The Morgan fingerprint density at radius 1 is 1.31 bits per heavy atom. The summed E-state index contributed by atoms with van der Waals surface area (Å²) in [6, 6.07) is 9.56. The van der Waals surface area contributed by atoms with E-state index < -0.39 is 0 Å². The molecule has 9 heteroatoms. The molecule has 1 N–H and O–H groups in total. The molecule has 0 atom stereocenters. The number of thioether (sulfide) groups is 1. The first-order chi connectivity index (χ1) is 12.3. The predicted molar refractivity (Wildman–Crippen MR) is 98.4 cm³/mol.